The smallest absolute Gasteiger partial charge is 0.0443 e. The molecule has 2 nitrogen and oxygen atoms in total. The first-order valence-electron chi connectivity index (χ1n) is 5.63. The summed E-state index contributed by atoms with van der Waals surface area (Å²) in [6.07, 6.45) is 4.92. The Hall–Kier alpha value is -0.0800. The summed E-state index contributed by atoms with van der Waals surface area (Å²) < 4.78 is 0. The minimum atomic E-state index is 0.311. The van der Waals surface area contributed by atoms with Gasteiger partial charge in [-0.25, -0.2) is 0 Å². The molecule has 0 saturated heterocycles. The number of nitrogens with one attached hydrogen (secondary N) is 1. The molecule has 1 fully saturated rings. The van der Waals surface area contributed by atoms with Gasteiger partial charge in [0, 0.05) is 12.6 Å². The normalized spacial score (nSPS) is 33.9. The molecule has 0 amide bonds. The van der Waals surface area contributed by atoms with Crippen LogP contribution in [-0.2, 0) is 0 Å². The van der Waals surface area contributed by atoms with Crippen LogP contribution < -0.4 is 5.32 Å². The molecule has 1 aliphatic carbocycles. The SMILES string of the molecule is CCC1CCC(NCCCO)C1C. The first kappa shape index (κ1) is 11.0. The Morgan fingerprint density at radius 3 is 2.69 bits per heavy atom. The summed E-state index contributed by atoms with van der Waals surface area (Å²) in [7, 11) is 0. The maximum atomic E-state index is 8.66. The topological polar surface area (TPSA) is 32.3 Å². The number of hydrogen-bond donors (Lipinski definition) is 2. The summed E-state index contributed by atoms with van der Waals surface area (Å²) >= 11 is 0. The second kappa shape index (κ2) is 5.61. The number of hydrogen-bond acceptors (Lipinski definition) is 2. The third kappa shape index (κ3) is 2.96. The summed E-state index contributed by atoms with van der Waals surface area (Å²) in [5, 5.41) is 12.2. The highest BCUT2D eigenvalue weighted by Gasteiger charge is 2.30. The van der Waals surface area contributed by atoms with Crippen molar-refractivity contribution < 1.29 is 5.11 Å². The predicted molar refractivity (Wildman–Crippen MR) is 55.7 cm³/mol. The van der Waals surface area contributed by atoms with Gasteiger partial charge in [0.25, 0.3) is 0 Å². The summed E-state index contributed by atoms with van der Waals surface area (Å²) in [5.74, 6) is 1.75. The number of aliphatic hydroxyl groups is 1. The van der Waals surface area contributed by atoms with Crippen molar-refractivity contribution in [1.29, 1.82) is 0 Å². The molecule has 13 heavy (non-hydrogen) atoms. The van der Waals surface area contributed by atoms with Crippen molar-refractivity contribution in [2.75, 3.05) is 13.2 Å². The van der Waals surface area contributed by atoms with Gasteiger partial charge in [-0.3, -0.25) is 0 Å². The lowest BCUT2D eigenvalue weighted by Crippen LogP contribution is -2.33. The van der Waals surface area contributed by atoms with Crippen LogP contribution in [0.1, 0.15) is 39.5 Å². The van der Waals surface area contributed by atoms with Gasteiger partial charge in [0.05, 0.1) is 0 Å². The molecule has 2 heteroatoms. The van der Waals surface area contributed by atoms with E-state index in [-0.39, 0.29) is 0 Å². The molecule has 0 spiro atoms. The van der Waals surface area contributed by atoms with Crippen molar-refractivity contribution in [2.24, 2.45) is 11.8 Å². The second-order valence-corrected chi connectivity index (χ2v) is 4.24. The van der Waals surface area contributed by atoms with Crippen molar-refractivity contribution in [3.05, 3.63) is 0 Å². The Bertz CT molecular complexity index is 138. The Balaban J connectivity index is 2.20. The lowest BCUT2D eigenvalue weighted by molar-refractivity contribution is 0.276. The van der Waals surface area contributed by atoms with Crippen LogP contribution in [0.3, 0.4) is 0 Å². The van der Waals surface area contributed by atoms with Crippen LogP contribution in [0.5, 0.6) is 0 Å². The van der Waals surface area contributed by atoms with Crippen LogP contribution in [0.4, 0.5) is 0 Å². The molecule has 0 radical (unpaired) electrons. The van der Waals surface area contributed by atoms with E-state index >= 15 is 0 Å². The highest BCUT2D eigenvalue weighted by molar-refractivity contribution is 4.86. The molecule has 1 saturated carbocycles. The van der Waals surface area contributed by atoms with Crippen LogP contribution in [-0.4, -0.2) is 24.3 Å². The van der Waals surface area contributed by atoms with Crippen molar-refractivity contribution in [2.45, 2.75) is 45.6 Å². The molecular formula is C11H23NO. The third-order valence-electron chi connectivity index (χ3n) is 3.49. The number of aliphatic hydroxyl groups excluding tert-OH is 1. The maximum Gasteiger partial charge on any atom is 0.0443 e. The zero-order valence-electron chi connectivity index (χ0n) is 8.92. The van der Waals surface area contributed by atoms with Gasteiger partial charge < -0.3 is 10.4 Å². The maximum absolute atomic E-state index is 8.66. The molecular weight excluding hydrogens is 162 g/mol. The Morgan fingerprint density at radius 1 is 1.38 bits per heavy atom. The van der Waals surface area contributed by atoms with E-state index in [4.69, 9.17) is 5.11 Å². The monoisotopic (exact) mass is 185 g/mol. The molecule has 0 heterocycles. The molecule has 0 aromatic carbocycles. The average Bonchev–Trinajstić information content (AvgIpc) is 2.48. The molecule has 0 aliphatic heterocycles. The lowest BCUT2D eigenvalue weighted by Gasteiger charge is -2.20. The third-order valence-corrected chi connectivity index (χ3v) is 3.49. The second-order valence-electron chi connectivity index (χ2n) is 4.24. The van der Waals surface area contributed by atoms with Gasteiger partial charge in [0.1, 0.15) is 0 Å². The molecule has 3 atom stereocenters. The van der Waals surface area contributed by atoms with Crippen molar-refractivity contribution >= 4 is 0 Å². The predicted octanol–water partition coefficient (Wildman–Crippen LogP) is 1.78. The highest BCUT2D eigenvalue weighted by atomic mass is 16.3. The molecule has 0 aromatic rings. The van der Waals surface area contributed by atoms with Gasteiger partial charge in [-0.05, 0) is 37.6 Å². The van der Waals surface area contributed by atoms with E-state index in [0.717, 1.165) is 24.8 Å². The number of rotatable bonds is 5. The fourth-order valence-corrected chi connectivity index (χ4v) is 2.48. The van der Waals surface area contributed by atoms with E-state index < -0.39 is 0 Å². The van der Waals surface area contributed by atoms with E-state index in [1.165, 1.54) is 19.3 Å². The van der Waals surface area contributed by atoms with E-state index in [9.17, 15) is 0 Å². The van der Waals surface area contributed by atoms with E-state index in [2.05, 4.69) is 19.2 Å². The van der Waals surface area contributed by atoms with Gasteiger partial charge in [-0.2, -0.15) is 0 Å². The summed E-state index contributed by atoms with van der Waals surface area (Å²) in [6, 6.07) is 0.705. The molecule has 1 rings (SSSR count). The Morgan fingerprint density at radius 2 is 2.15 bits per heavy atom. The van der Waals surface area contributed by atoms with Gasteiger partial charge in [-0.1, -0.05) is 20.3 Å². The lowest BCUT2D eigenvalue weighted by atomic mass is 9.93. The van der Waals surface area contributed by atoms with Crippen molar-refractivity contribution in [3.8, 4) is 0 Å². The van der Waals surface area contributed by atoms with Crippen molar-refractivity contribution in [3.63, 3.8) is 0 Å². The molecule has 0 aromatic heterocycles. The average molecular weight is 185 g/mol. The fourth-order valence-electron chi connectivity index (χ4n) is 2.48. The first-order chi connectivity index (χ1) is 6.29. The minimum absolute atomic E-state index is 0.311. The zero-order chi connectivity index (χ0) is 9.68. The van der Waals surface area contributed by atoms with Crippen LogP contribution in [0.2, 0.25) is 0 Å². The van der Waals surface area contributed by atoms with Crippen LogP contribution >= 0.6 is 0 Å². The quantitative estimate of drug-likeness (QED) is 0.640. The van der Waals surface area contributed by atoms with Crippen LogP contribution in [0.25, 0.3) is 0 Å². The summed E-state index contributed by atoms with van der Waals surface area (Å²) in [5.41, 5.74) is 0. The van der Waals surface area contributed by atoms with E-state index in [1.807, 2.05) is 0 Å². The van der Waals surface area contributed by atoms with Gasteiger partial charge in [0.2, 0.25) is 0 Å². The Labute approximate surface area is 81.7 Å². The van der Waals surface area contributed by atoms with Crippen LogP contribution in [0.15, 0.2) is 0 Å². The molecule has 1 aliphatic rings. The summed E-state index contributed by atoms with van der Waals surface area (Å²) in [6.45, 7) is 5.93. The molecule has 0 bridgehead atoms. The summed E-state index contributed by atoms with van der Waals surface area (Å²) in [4.78, 5) is 0. The standard InChI is InChI=1S/C11H23NO/c1-3-10-5-6-11(9(10)2)12-7-4-8-13/h9-13H,3-8H2,1-2H3. The first-order valence-corrected chi connectivity index (χ1v) is 5.63. The fraction of sp³-hybridized carbons (Fsp3) is 1.00. The Kier molecular flexibility index (Phi) is 4.74. The van der Waals surface area contributed by atoms with Crippen molar-refractivity contribution in [1.82, 2.24) is 5.32 Å². The van der Waals surface area contributed by atoms with E-state index in [0.29, 0.717) is 12.6 Å². The minimum Gasteiger partial charge on any atom is -0.396 e. The zero-order valence-corrected chi connectivity index (χ0v) is 8.92. The van der Waals surface area contributed by atoms with E-state index in [1.54, 1.807) is 0 Å². The molecule has 78 valence electrons. The van der Waals surface area contributed by atoms with Gasteiger partial charge in [-0.15, -0.1) is 0 Å². The van der Waals surface area contributed by atoms with Crippen LogP contribution in [0, 0.1) is 11.8 Å². The van der Waals surface area contributed by atoms with Gasteiger partial charge in [0.15, 0.2) is 0 Å². The largest absolute Gasteiger partial charge is 0.396 e. The molecule has 2 N–H and O–H groups in total. The highest BCUT2D eigenvalue weighted by Crippen LogP contribution is 2.33. The van der Waals surface area contributed by atoms with Gasteiger partial charge >= 0.3 is 0 Å². The molecule has 3 unspecified atom stereocenters.